The molecule has 0 aliphatic carbocycles. The van der Waals surface area contributed by atoms with Gasteiger partial charge in [0.25, 0.3) is 0 Å². The predicted molar refractivity (Wildman–Crippen MR) is 70.3 cm³/mol. The molecule has 7 heteroatoms. The Labute approximate surface area is 117 Å². The highest BCUT2D eigenvalue weighted by Crippen LogP contribution is 2.34. The third kappa shape index (κ3) is 3.05. The molecule has 0 radical (unpaired) electrons. The fourth-order valence-corrected chi connectivity index (χ4v) is 1.74. The van der Waals surface area contributed by atoms with Crippen molar-refractivity contribution in [1.82, 2.24) is 0 Å². The van der Waals surface area contributed by atoms with Crippen molar-refractivity contribution in [2.75, 3.05) is 11.1 Å². The van der Waals surface area contributed by atoms with Gasteiger partial charge in [-0.15, -0.1) is 0 Å². The fourth-order valence-electron chi connectivity index (χ4n) is 1.74. The van der Waals surface area contributed by atoms with E-state index in [0.717, 1.165) is 24.3 Å². The summed E-state index contributed by atoms with van der Waals surface area (Å²) in [6.45, 7) is 0. The Kier molecular flexibility index (Phi) is 3.72. The van der Waals surface area contributed by atoms with Crippen LogP contribution in [0, 0.1) is 17.1 Å². The monoisotopic (exact) mass is 295 g/mol. The third-order valence-electron chi connectivity index (χ3n) is 2.77. The Balaban J connectivity index is 2.38. The van der Waals surface area contributed by atoms with E-state index in [-0.39, 0.29) is 22.6 Å². The molecule has 108 valence electrons. The van der Waals surface area contributed by atoms with Gasteiger partial charge in [-0.05, 0) is 30.3 Å². The summed E-state index contributed by atoms with van der Waals surface area (Å²) in [6.07, 6.45) is -4.50. The number of hydrogen-bond acceptors (Lipinski definition) is 3. The van der Waals surface area contributed by atoms with Gasteiger partial charge in [0.05, 0.1) is 22.6 Å². The summed E-state index contributed by atoms with van der Waals surface area (Å²) in [5, 5.41) is 11.5. The van der Waals surface area contributed by atoms with Crippen LogP contribution in [-0.4, -0.2) is 0 Å². The molecule has 2 rings (SSSR count). The Morgan fingerprint density at radius 2 is 1.81 bits per heavy atom. The van der Waals surface area contributed by atoms with Crippen molar-refractivity contribution in [3.63, 3.8) is 0 Å². The molecule has 0 aliphatic heterocycles. The lowest BCUT2D eigenvalue weighted by molar-refractivity contribution is -0.137. The Hall–Kier alpha value is -2.75. The summed E-state index contributed by atoms with van der Waals surface area (Å²) in [5.74, 6) is -0.729. The Bertz CT molecular complexity index is 717. The number of nitrogens with one attached hydrogen (secondary N) is 1. The first-order valence-electron chi connectivity index (χ1n) is 5.75. The number of nitrogens with zero attached hydrogens (tertiary/aromatic N) is 1. The zero-order valence-electron chi connectivity index (χ0n) is 10.5. The van der Waals surface area contributed by atoms with Crippen LogP contribution in [0.2, 0.25) is 0 Å². The minimum Gasteiger partial charge on any atom is -0.397 e. The third-order valence-corrected chi connectivity index (χ3v) is 2.77. The highest BCUT2D eigenvalue weighted by atomic mass is 19.4. The molecule has 0 saturated heterocycles. The van der Waals surface area contributed by atoms with Crippen LogP contribution in [0.1, 0.15) is 11.1 Å². The summed E-state index contributed by atoms with van der Waals surface area (Å²) in [4.78, 5) is 0. The molecular formula is C14H9F4N3. The number of nitriles is 1. The number of benzene rings is 2. The molecule has 2 aromatic rings. The average Bonchev–Trinajstić information content (AvgIpc) is 2.40. The van der Waals surface area contributed by atoms with E-state index in [4.69, 9.17) is 11.0 Å². The first kappa shape index (κ1) is 14.7. The second-order valence-electron chi connectivity index (χ2n) is 4.20. The molecule has 3 N–H and O–H groups in total. The van der Waals surface area contributed by atoms with E-state index >= 15 is 0 Å². The summed E-state index contributed by atoms with van der Waals surface area (Å²) in [6, 6.07) is 8.35. The molecule has 0 aromatic heterocycles. The molecule has 2 aromatic carbocycles. The van der Waals surface area contributed by atoms with Crippen molar-refractivity contribution in [2.45, 2.75) is 6.18 Å². The average molecular weight is 295 g/mol. The van der Waals surface area contributed by atoms with Crippen molar-refractivity contribution < 1.29 is 17.6 Å². The van der Waals surface area contributed by atoms with Gasteiger partial charge in [-0.1, -0.05) is 6.07 Å². The normalized spacial score (nSPS) is 11.0. The summed E-state index contributed by atoms with van der Waals surface area (Å²) in [7, 11) is 0. The van der Waals surface area contributed by atoms with Crippen LogP contribution < -0.4 is 11.1 Å². The minimum absolute atomic E-state index is 0.129. The summed E-state index contributed by atoms with van der Waals surface area (Å²) < 4.78 is 51.0. The number of halogens is 4. The maximum Gasteiger partial charge on any atom is 0.416 e. The molecular weight excluding hydrogens is 286 g/mol. The van der Waals surface area contributed by atoms with E-state index in [2.05, 4.69) is 5.32 Å². The molecule has 3 nitrogen and oxygen atoms in total. The molecule has 0 bridgehead atoms. The zero-order chi connectivity index (χ0) is 15.6. The van der Waals surface area contributed by atoms with Crippen molar-refractivity contribution in [1.29, 1.82) is 5.26 Å². The lowest BCUT2D eigenvalue weighted by Gasteiger charge is -2.13. The maximum atomic E-state index is 13.4. The number of nitrogens with two attached hydrogens (primary N) is 1. The van der Waals surface area contributed by atoms with Crippen LogP contribution >= 0.6 is 0 Å². The van der Waals surface area contributed by atoms with Gasteiger partial charge < -0.3 is 11.1 Å². The number of anilines is 3. The second kappa shape index (κ2) is 5.32. The first-order valence-corrected chi connectivity index (χ1v) is 5.75. The van der Waals surface area contributed by atoms with Gasteiger partial charge in [0, 0.05) is 0 Å². The van der Waals surface area contributed by atoms with E-state index in [1.54, 1.807) is 6.07 Å². The van der Waals surface area contributed by atoms with Crippen LogP contribution in [0.4, 0.5) is 34.6 Å². The van der Waals surface area contributed by atoms with E-state index in [0.29, 0.717) is 0 Å². The topological polar surface area (TPSA) is 61.8 Å². The number of rotatable bonds is 2. The van der Waals surface area contributed by atoms with Gasteiger partial charge in [-0.3, -0.25) is 0 Å². The molecule has 0 fully saturated rings. The summed E-state index contributed by atoms with van der Waals surface area (Å²) in [5.41, 5.74) is 4.56. The van der Waals surface area contributed by atoms with Gasteiger partial charge in [-0.25, -0.2) is 4.39 Å². The Morgan fingerprint density at radius 1 is 1.10 bits per heavy atom. The van der Waals surface area contributed by atoms with Crippen LogP contribution in [0.3, 0.4) is 0 Å². The molecule has 21 heavy (non-hydrogen) atoms. The molecule has 0 spiro atoms. The quantitative estimate of drug-likeness (QED) is 0.649. The molecule has 0 amide bonds. The van der Waals surface area contributed by atoms with Crippen LogP contribution in [0.5, 0.6) is 0 Å². The molecule has 0 atom stereocenters. The zero-order valence-corrected chi connectivity index (χ0v) is 10.5. The standard InChI is InChI=1S/C14H9F4N3/c15-10-2-1-3-12(9(10)7-19)21-13-5-4-8(6-11(13)20)14(16,17)18/h1-6,21H,20H2. The van der Waals surface area contributed by atoms with Crippen LogP contribution in [0.25, 0.3) is 0 Å². The van der Waals surface area contributed by atoms with Gasteiger partial charge in [0.1, 0.15) is 17.4 Å². The molecule has 0 unspecified atom stereocenters. The smallest absolute Gasteiger partial charge is 0.397 e. The van der Waals surface area contributed by atoms with Crippen molar-refractivity contribution >= 4 is 17.1 Å². The summed E-state index contributed by atoms with van der Waals surface area (Å²) >= 11 is 0. The maximum absolute atomic E-state index is 13.4. The SMILES string of the molecule is N#Cc1c(F)cccc1Nc1ccc(C(F)(F)F)cc1N. The van der Waals surface area contributed by atoms with Crippen LogP contribution in [-0.2, 0) is 6.18 Å². The predicted octanol–water partition coefficient (Wildman–Crippen LogP) is 4.04. The highest BCUT2D eigenvalue weighted by Gasteiger charge is 2.30. The van der Waals surface area contributed by atoms with Gasteiger partial charge >= 0.3 is 6.18 Å². The molecule has 0 saturated carbocycles. The lowest BCUT2D eigenvalue weighted by atomic mass is 10.1. The molecule has 0 heterocycles. The van der Waals surface area contributed by atoms with Gasteiger partial charge in [0.2, 0.25) is 0 Å². The second-order valence-corrected chi connectivity index (χ2v) is 4.20. The largest absolute Gasteiger partial charge is 0.416 e. The number of hydrogen-bond donors (Lipinski definition) is 2. The van der Waals surface area contributed by atoms with Gasteiger partial charge in [-0.2, -0.15) is 18.4 Å². The first-order chi connectivity index (χ1) is 9.82. The van der Waals surface area contributed by atoms with Crippen molar-refractivity contribution in [2.24, 2.45) is 0 Å². The number of alkyl halides is 3. The lowest BCUT2D eigenvalue weighted by Crippen LogP contribution is -2.07. The van der Waals surface area contributed by atoms with E-state index in [1.165, 1.54) is 12.1 Å². The number of nitrogen functional groups attached to an aromatic ring is 1. The van der Waals surface area contributed by atoms with Crippen LogP contribution in [0.15, 0.2) is 36.4 Å². The van der Waals surface area contributed by atoms with E-state index in [1.807, 2.05) is 0 Å². The minimum atomic E-state index is -4.50. The Morgan fingerprint density at radius 3 is 2.38 bits per heavy atom. The molecule has 0 aliphatic rings. The van der Waals surface area contributed by atoms with Crippen molar-refractivity contribution in [3.05, 3.63) is 53.3 Å². The van der Waals surface area contributed by atoms with E-state index < -0.39 is 17.6 Å². The van der Waals surface area contributed by atoms with E-state index in [9.17, 15) is 17.6 Å². The van der Waals surface area contributed by atoms with Gasteiger partial charge in [0.15, 0.2) is 0 Å². The van der Waals surface area contributed by atoms with Crippen molar-refractivity contribution in [3.8, 4) is 6.07 Å². The highest BCUT2D eigenvalue weighted by molar-refractivity contribution is 5.75. The fraction of sp³-hybridized carbons (Fsp3) is 0.0714.